The van der Waals surface area contributed by atoms with Gasteiger partial charge >= 0.3 is 0 Å². The number of benzene rings is 2. The Hall–Kier alpha value is -1.70. The molecular weight excluding hydrogens is 395 g/mol. The Bertz CT molecular complexity index is 742. The minimum Gasteiger partial charge on any atom is -0.497 e. The number of methoxy groups -OCH3 is 2. The molecule has 140 valence electrons. The van der Waals surface area contributed by atoms with Gasteiger partial charge in [0, 0.05) is 34.7 Å². The highest BCUT2D eigenvalue weighted by molar-refractivity contribution is 7.98. The quantitative estimate of drug-likeness (QED) is 0.481. The average Bonchev–Trinajstić information content (AvgIpc) is 2.63. The standard InChI is InChI=1S/C18H20ClFN2O2S2/c1-23-12-6-7-16(17(10-12)24-2)22-18(25)21-8-9-26-11-13-14(19)4-3-5-15(13)20/h3-7,10H,8-9,11H2,1-2H3,(H2,21,22,25). The van der Waals surface area contributed by atoms with Crippen LogP contribution < -0.4 is 20.1 Å². The van der Waals surface area contributed by atoms with Gasteiger partial charge in [-0.3, -0.25) is 0 Å². The van der Waals surface area contributed by atoms with Gasteiger partial charge in [-0.05, 0) is 36.5 Å². The van der Waals surface area contributed by atoms with Gasteiger partial charge in [0.1, 0.15) is 17.3 Å². The molecule has 0 radical (unpaired) electrons. The monoisotopic (exact) mass is 414 g/mol. The van der Waals surface area contributed by atoms with Crippen molar-refractivity contribution in [2.24, 2.45) is 0 Å². The van der Waals surface area contributed by atoms with Crippen LogP contribution in [0.4, 0.5) is 10.1 Å². The molecule has 26 heavy (non-hydrogen) atoms. The molecule has 2 aromatic rings. The fourth-order valence-corrected chi connectivity index (χ4v) is 3.56. The summed E-state index contributed by atoms with van der Waals surface area (Å²) in [6.07, 6.45) is 0. The second-order valence-corrected chi connectivity index (χ2v) is 7.12. The molecule has 0 amide bonds. The summed E-state index contributed by atoms with van der Waals surface area (Å²) in [4.78, 5) is 0. The van der Waals surface area contributed by atoms with E-state index in [0.29, 0.717) is 39.5 Å². The summed E-state index contributed by atoms with van der Waals surface area (Å²) in [6, 6.07) is 10.1. The number of hydrogen-bond acceptors (Lipinski definition) is 4. The molecule has 0 atom stereocenters. The normalized spacial score (nSPS) is 10.3. The van der Waals surface area contributed by atoms with Gasteiger partial charge in [0.15, 0.2) is 5.11 Å². The third-order valence-electron chi connectivity index (χ3n) is 3.50. The summed E-state index contributed by atoms with van der Waals surface area (Å²) in [7, 11) is 3.18. The number of rotatable bonds is 8. The van der Waals surface area contributed by atoms with Crippen molar-refractivity contribution in [3.8, 4) is 11.5 Å². The maximum Gasteiger partial charge on any atom is 0.170 e. The van der Waals surface area contributed by atoms with Gasteiger partial charge in [-0.1, -0.05) is 17.7 Å². The molecule has 8 heteroatoms. The van der Waals surface area contributed by atoms with E-state index in [1.54, 1.807) is 44.2 Å². The van der Waals surface area contributed by atoms with E-state index in [4.69, 9.17) is 33.3 Å². The van der Waals surface area contributed by atoms with Crippen LogP contribution in [0.5, 0.6) is 11.5 Å². The van der Waals surface area contributed by atoms with Crippen molar-refractivity contribution in [2.45, 2.75) is 5.75 Å². The first-order chi connectivity index (χ1) is 12.5. The first-order valence-electron chi connectivity index (χ1n) is 7.82. The molecule has 0 saturated heterocycles. The summed E-state index contributed by atoms with van der Waals surface area (Å²) in [5.41, 5.74) is 1.28. The highest BCUT2D eigenvalue weighted by Crippen LogP contribution is 2.29. The summed E-state index contributed by atoms with van der Waals surface area (Å²) in [6.45, 7) is 0.640. The van der Waals surface area contributed by atoms with E-state index in [-0.39, 0.29) is 5.82 Å². The zero-order valence-electron chi connectivity index (χ0n) is 14.5. The molecule has 2 N–H and O–H groups in total. The van der Waals surface area contributed by atoms with Crippen molar-refractivity contribution >= 4 is 46.4 Å². The highest BCUT2D eigenvalue weighted by Gasteiger charge is 2.08. The third-order valence-corrected chi connectivity index (χ3v) is 5.08. The van der Waals surface area contributed by atoms with Gasteiger partial charge in [-0.2, -0.15) is 11.8 Å². The predicted octanol–water partition coefficient (Wildman–Crippen LogP) is 4.72. The molecule has 0 aliphatic heterocycles. The number of nitrogens with one attached hydrogen (secondary N) is 2. The zero-order chi connectivity index (χ0) is 18.9. The Balaban J connectivity index is 1.76. The van der Waals surface area contributed by atoms with Crippen LogP contribution in [0.15, 0.2) is 36.4 Å². The van der Waals surface area contributed by atoms with E-state index in [1.807, 2.05) is 12.1 Å². The van der Waals surface area contributed by atoms with E-state index >= 15 is 0 Å². The average molecular weight is 415 g/mol. The van der Waals surface area contributed by atoms with Gasteiger partial charge < -0.3 is 20.1 Å². The van der Waals surface area contributed by atoms with Crippen LogP contribution in [0.1, 0.15) is 5.56 Å². The smallest absolute Gasteiger partial charge is 0.170 e. The first kappa shape index (κ1) is 20.6. The number of halogens is 2. The van der Waals surface area contributed by atoms with Crippen LogP contribution in [0.2, 0.25) is 5.02 Å². The van der Waals surface area contributed by atoms with Gasteiger partial charge in [-0.25, -0.2) is 4.39 Å². The SMILES string of the molecule is COc1ccc(NC(=S)NCCSCc2c(F)cccc2Cl)c(OC)c1. The maximum absolute atomic E-state index is 13.7. The predicted molar refractivity (Wildman–Crippen MR) is 111 cm³/mol. The highest BCUT2D eigenvalue weighted by atomic mass is 35.5. The Morgan fingerprint density at radius 3 is 2.73 bits per heavy atom. The molecule has 0 aliphatic carbocycles. The first-order valence-corrected chi connectivity index (χ1v) is 9.76. The van der Waals surface area contributed by atoms with E-state index in [1.165, 1.54) is 6.07 Å². The zero-order valence-corrected chi connectivity index (χ0v) is 16.9. The molecule has 0 bridgehead atoms. The fraction of sp³-hybridized carbons (Fsp3) is 0.278. The molecule has 2 rings (SSSR count). The van der Waals surface area contributed by atoms with Crippen molar-refractivity contribution in [3.63, 3.8) is 0 Å². The Morgan fingerprint density at radius 1 is 1.23 bits per heavy atom. The van der Waals surface area contributed by atoms with E-state index in [2.05, 4.69) is 10.6 Å². The van der Waals surface area contributed by atoms with E-state index in [0.717, 1.165) is 11.4 Å². The largest absolute Gasteiger partial charge is 0.497 e. The molecule has 0 heterocycles. The van der Waals surface area contributed by atoms with Crippen LogP contribution in [0, 0.1) is 5.82 Å². The second-order valence-electron chi connectivity index (χ2n) is 5.20. The number of ether oxygens (including phenoxy) is 2. The topological polar surface area (TPSA) is 42.5 Å². The van der Waals surface area contributed by atoms with Gasteiger partial charge in [0.2, 0.25) is 0 Å². The summed E-state index contributed by atoms with van der Waals surface area (Å²) >= 11 is 12.9. The number of anilines is 1. The third kappa shape index (κ3) is 5.93. The molecule has 0 spiro atoms. The number of thioether (sulfide) groups is 1. The molecule has 0 fully saturated rings. The minimum atomic E-state index is -0.276. The van der Waals surface area contributed by atoms with Crippen molar-refractivity contribution in [1.29, 1.82) is 0 Å². The van der Waals surface area contributed by atoms with Crippen molar-refractivity contribution in [1.82, 2.24) is 5.32 Å². The van der Waals surface area contributed by atoms with Gasteiger partial charge in [-0.15, -0.1) is 0 Å². The van der Waals surface area contributed by atoms with E-state index < -0.39 is 0 Å². The Kier molecular flexibility index (Phi) is 8.28. The lowest BCUT2D eigenvalue weighted by Crippen LogP contribution is -2.30. The molecule has 0 aromatic heterocycles. The number of thiocarbonyl (C=S) groups is 1. The lowest BCUT2D eigenvalue weighted by molar-refractivity contribution is 0.395. The fourth-order valence-electron chi connectivity index (χ4n) is 2.15. The molecule has 0 aliphatic rings. The molecule has 2 aromatic carbocycles. The van der Waals surface area contributed by atoms with Crippen molar-refractivity contribution < 1.29 is 13.9 Å². The summed E-state index contributed by atoms with van der Waals surface area (Å²) in [5.74, 6) is 2.33. The van der Waals surface area contributed by atoms with Crippen LogP contribution in [-0.4, -0.2) is 31.6 Å². The van der Waals surface area contributed by atoms with Gasteiger partial charge in [0.25, 0.3) is 0 Å². The Labute approximate surface area is 167 Å². The lowest BCUT2D eigenvalue weighted by Gasteiger charge is -2.14. The number of hydrogen-bond donors (Lipinski definition) is 2. The van der Waals surface area contributed by atoms with Gasteiger partial charge in [0.05, 0.1) is 19.9 Å². The summed E-state index contributed by atoms with van der Waals surface area (Å²) in [5, 5.41) is 7.14. The maximum atomic E-state index is 13.7. The van der Waals surface area contributed by atoms with Crippen LogP contribution in [0.25, 0.3) is 0 Å². The summed E-state index contributed by atoms with van der Waals surface area (Å²) < 4.78 is 24.2. The molecule has 0 saturated carbocycles. The molecular formula is C18H20ClFN2O2S2. The minimum absolute atomic E-state index is 0.276. The van der Waals surface area contributed by atoms with E-state index in [9.17, 15) is 4.39 Å². The van der Waals surface area contributed by atoms with Crippen LogP contribution in [-0.2, 0) is 5.75 Å². The van der Waals surface area contributed by atoms with Crippen molar-refractivity contribution in [3.05, 3.63) is 52.8 Å². The lowest BCUT2D eigenvalue weighted by atomic mass is 10.2. The molecule has 0 unspecified atom stereocenters. The Morgan fingerprint density at radius 2 is 2.04 bits per heavy atom. The van der Waals surface area contributed by atoms with Crippen molar-refractivity contribution in [2.75, 3.05) is 31.8 Å². The molecule has 4 nitrogen and oxygen atoms in total. The van der Waals surface area contributed by atoms with Crippen LogP contribution >= 0.6 is 35.6 Å². The van der Waals surface area contributed by atoms with Crippen LogP contribution in [0.3, 0.4) is 0 Å². The second kappa shape index (κ2) is 10.4.